The topological polar surface area (TPSA) is 58.9 Å². The molecule has 0 rings (SSSR count). The lowest BCUT2D eigenvalue weighted by atomic mass is 10.0. The Balaban J connectivity index is 3.61. The smallest absolute Gasteiger partial charge is 0.309 e. The number of aliphatic carboxylic acids is 1. The van der Waals surface area contributed by atoms with E-state index in [1.807, 2.05) is 0 Å². The SMILES string of the molecule is CCCCCCCCCCCCCCCC(CC(=O)O)=NOCCCCCCC. The highest BCUT2D eigenvalue weighted by atomic mass is 16.6. The zero-order valence-corrected chi connectivity index (χ0v) is 19.6. The lowest BCUT2D eigenvalue weighted by Gasteiger charge is -2.06. The molecule has 0 saturated carbocycles. The van der Waals surface area contributed by atoms with Crippen molar-refractivity contribution < 1.29 is 14.7 Å². The number of hydrogen-bond donors (Lipinski definition) is 1. The van der Waals surface area contributed by atoms with E-state index < -0.39 is 5.97 Å². The van der Waals surface area contributed by atoms with Gasteiger partial charge in [0.05, 0.1) is 12.1 Å². The summed E-state index contributed by atoms with van der Waals surface area (Å²) in [4.78, 5) is 16.4. The quantitative estimate of drug-likeness (QED) is 0.104. The van der Waals surface area contributed by atoms with Crippen LogP contribution in [0.2, 0.25) is 0 Å². The van der Waals surface area contributed by atoms with Crippen molar-refractivity contribution in [2.45, 2.75) is 142 Å². The Hall–Kier alpha value is -1.06. The van der Waals surface area contributed by atoms with Crippen molar-refractivity contribution in [3.63, 3.8) is 0 Å². The van der Waals surface area contributed by atoms with Crippen LogP contribution in [0.25, 0.3) is 0 Å². The molecule has 0 atom stereocenters. The van der Waals surface area contributed by atoms with Crippen LogP contribution in [0, 0.1) is 0 Å². The monoisotopic (exact) mass is 411 g/mol. The number of oxime groups is 1. The van der Waals surface area contributed by atoms with E-state index in [-0.39, 0.29) is 6.42 Å². The van der Waals surface area contributed by atoms with Crippen LogP contribution in [0.1, 0.15) is 142 Å². The summed E-state index contributed by atoms with van der Waals surface area (Å²) in [5.41, 5.74) is 0.689. The predicted molar refractivity (Wildman–Crippen MR) is 125 cm³/mol. The number of carboxylic acid groups (broad SMARTS) is 1. The van der Waals surface area contributed by atoms with Crippen molar-refractivity contribution in [1.82, 2.24) is 0 Å². The van der Waals surface area contributed by atoms with Crippen molar-refractivity contribution in [2.75, 3.05) is 6.61 Å². The zero-order chi connectivity index (χ0) is 21.4. The van der Waals surface area contributed by atoms with E-state index in [2.05, 4.69) is 19.0 Å². The van der Waals surface area contributed by atoms with Crippen LogP contribution in [0.15, 0.2) is 5.16 Å². The Morgan fingerprint density at radius 2 is 1.07 bits per heavy atom. The first kappa shape index (κ1) is 27.9. The number of rotatable bonds is 23. The average Bonchev–Trinajstić information content (AvgIpc) is 2.70. The fourth-order valence-corrected chi connectivity index (χ4v) is 3.59. The summed E-state index contributed by atoms with van der Waals surface area (Å²) in [5, 5.41) is 13.2. The van der Waals surface area contributed by atoms with Gasteiger partial charge in [0.15, 0.2) is 0 Å². The summed E-state index contributed by atoms with van der Waals surface area (Å²) in [5.74, 6) is -0.815. The normalized spacial score (nSPS) is 11.7. The summed E-state index contributed by atoms with van der Waals surface area (Å²) in [6.45, 7) is 5.07. The Labute approximate surface area is 180 Å². The van der Waals surface area contributed by atoms with Gasteiger partial charge in [-0.1, -0.05) is 115 Å². The summed E-state index contributed by atoms with van der Waals surface area (Å²) in [7, 11) is 0. The number of nitrogens with zero attached hydrogens (tertiary/aromatic N) is 1. The Morgan fingerprint density at radius 3 is 1.52 bits per heavy atom. The first-order valence-corrected chi connectivity index (χ1v) is 12.6. The van der Waals surface area contributed by atoms with Gasteiger partial charge in [-0.15, -0.1) is 0 Å². The van der Waals surface area contributed by atoms with Gasteiger partial charge >= 0.3 is 5.97 Å². The molecule has 0 aromatic carbocycles. The molecule has 0 unspecified atom stereocenters. The van der Waals surface area contributed by atoms with Gasteiger partial charge < -0.3 is 9.94 Å². The van der Waals surface area contributed by atoms with E-state index in [0.717, 1.165) is 32.1 Å². The van der Waals surface area contributed by atoms with Gasteiger partial charge in [-0.2, -0.15) is 0 Å². The number of unbranched alkanes of at least 4 members (excludes halogenated alkanes) is 16. The van der Waals surface area contributed by atoms with Crippen molar-refractivity contribution in [1.29, 1.82) is 0 Å². The largest absolute Gasteiger partial charge is 0.481 e. The second-order valence-corrected chi connectivity index (χ2v) is 8.47. The van der Waals surface area contributed by atoms with Crippen LogP contribution in [0.3, 0.4) is 0 Å². The molecule has 172 valence electrons. The second kappa shape index (κ2) is 23.2. The van der Waals surface area contributed by atoms with Crippen molar-refractivity contribution in [2.24, 2.45) is 5.16 Å². The van der Waals surface area contributed by atoms with Gasteiger partial charge in [0, 0.05) is 0 Å². The van der Waals surface area contributed by atoms with Crippen LogP contribution in [-0.4, -0.2) is 23.4 Å². The molecule has 4 heteroatoms. The van der Waals surface area contributed by atoms with Gasteiger partial charge in [-0.3, -0.25) is 4.79 Å². The molecule has 0 saturated heterocycles. The van der Waals surface area contributed by atoms with Gasteiger partial charge in [-0.25, -0.2) is 0 Å². The zero-order valence-electron chi connectivity index (χ0n) is 19.6. The number of carboxylic acids is 1. The van der Waals surface area contributed by atoms with Gasteiger partial charge in [-0.05, 0) is 25.7 Å². The number of hydrogen-bond acceptors (Lipinski definition) is 3. The van der Waals surface area contributed by atoms with Crippen LogP contribution >= 0.6 is 0 Å². The molecule has 0 fully saturated rings. The van der Waals surface area contributed by atoms with Gasteiger partial charge in [0.2, 0.25) is 0 Å². The first-order chi connectivity index (χ1) is 14.2. The molecule has 29 heavy (non-hydrogen) atoms. The maximum atomic E-state index is 11.0. The molecule has 0 aliphatic heterocycles. The minimum atomic E-state index is -0.815. The third kappa shape index (κ3) is 23.1. The van der Waals surface area contributed by atoms with Crippen LogP contribution in [0.4, 0.5) is 0 Å². The van der Waals surface area contributed by atoms with Crippen molar-refractivity contribution in [3.05, 3.63) is 0 Å². The molecule has 0 aromatic rings. The molecule has 0 radical (unpaired) electrons. The Morgan fingerprint density at radius 1 is 0.655 bits per heavy atom. The minimum Gasteiger partial charge on any atom is -0.481 e. The average molecular weight is 412 g/mol. The molecule has 0 amide bonds. The molecule has 0 aliphatic carbocycles. The summed E-state index contributed by atoms with van der Waals surface area (Å²) in [6.07, 6.45) is 23.8. The fourth-order valence-electron chi connectivity index (χ4n) is 3.59. The molecular formula is C25H49NO3. The van der Waals surface area contributed by atoms with Crippen LogP contribution in [-0.2, 0) is 9.63 Å². The fraction of sp³-hybridized carbons (Fsp3) is 0.920. The van der Waals surface area contributed by atoms with E-state index in [0.29, 0.717) is 12.3 Å². The standard InChI is InChI=1S/C25H49NO3/c1-3-5-7-9-10-11-12-13-14-15-16-17-19-21-24(23-25(27)28)26-29-22-20-18-8-6-4-2/h3-23H2,1-2H3,(H,27,28). The molecular weight excluding hydrogens is 362 g/mol. The maximum absolute atomic E-state index is 11.0. The van der Waals surface area contributed by atoms with Crippen molar-refractivity contribution in [3.8, 4) is 0 Å². The summed E-state index contributed by atoms with van der Waals surface area (Å²) < 4.78 is 0. The molecule has 0 heterocycles. The van der Waals surface area contributed by atoms with E-state index in [9.17, 15) is 4.79 Å². The summed E-state index contributed by atoms with van der Waals surface area (Å²) in [6, 6.07) is 0. The lowest BCUT2D eigenvalue weighted by molar-refractivity contribution is -0.135. The molecule has 0 aliphatic rings. The molecule has 1 N–H and O–H groups in total. The highest BCUT2D eigenvalue weighted by Crippen LogP contribution is 2.13. The third-order valence-electron chi connectivity index (χ3n) is 5.46. The van der Waals surface area contributed by atoms with Gasteiger partial charge in [0.25, 0.3) is 0 Å². The van der Waals surface area contributed by atoms with E-state index in [1.165, 1.54) is 89.9 Å². The molecule has 0 spiro atoms. The Bertz CT molecular complexity index is 382. The Kier molecular flexibility index (Phi) is 22.4. The van der Waals surface area contributed by atoms with E-state index in [1.54, 1.807) is 0 Å². The maximum Gasteiger partial charge on any atom is 0.309 e. The van der Waals surface area contributed by atoms with Crippen molar-refractivity contribution >= 4 is 11.7 Å². The molecule has 4 nitrogen and oxygen atoms in total. The van der Waals surface area contributed by atoms with E-state index >= 15 is 0 Å². The number of carbonyl (C=O) groups is 1. The highest BCUT2D eigenvalue weighted by Gasteiger charge is 2.07. The van der Waals surface area contributed by atoms with Crippen LogP contribution in [0.5, 0.6) is 0 Å². The molecule has 0 aromatic heterocycles. The van der Waals surface area contributed by atoms with Crippen LogP contribution < -0.4 is 0 Å². The molecule has 0 bridgehead atoms. The highest BCUT2D eigenvalue weighted by molar-refractivity contribution is 5.97. The third-order valence-corrected chi connectivity index (χ3v) is 5.46. The second-order valence-electron chi connectivity index (χ2n) is 8.47. The predicted octanol–water partition coefficient (Wildman–Crippen LogP) is 8.29. The van der Waals surface area contributed by atoms with E-state index in [4.69, 9.17) is 9.94 Å². The van der Waals surface area contributed by atoms with Gasteiger partial charge in [0.1, 0.15) is 6.61 Å². The lowest BCUT2D eigenvalue weighted by Crippen LogP contribution is -2.08. The minimum absolute atomic E-state index is 0.00803. The summed E-state index contributed by atoms with van der Waals surface area (Å²) >= 11 is 0. The first-order valence-electron chi connectivity index (χ1n) is 12.6.